The minimum absolute atomic E-state index is 0.0545. The Morgan fingerprint density at radius 2 is 1.88 bits per heavy atom. The molecule has 0 fully saturated rings. The number of nitrogens with one attached hydrogen (secondary N) is 2. The van der Waals surface area contributed by atoms with Gasteiger partial charge in [0.05, 0.1) is 6.54 Å². The third-order valence-corrected chi connectivity index (χ3v) is 3.05. The summed E-state index contributed by atoms with van der Waals surface area (Å²) in [5.41, 5.74) is -0.0262. The second-order valence-corrected chi connectivity index (χ2v) is 7.50. The molecule has 0 heterocycles. The highest BCUT2D eigenvalue weighted by Gasteiger charge is 2.15. The highest BCUT2D eigenvalue weighted by molar-refractivity contribution is 9.10. The van der Waals surface area contributed by atoms with Gasteiger partial charge in [0.25, 0.3) is 5.91 Å². The number of benzene rings is 1. The lowest BCUT2D eigenvalue weighted by Crippen LogP contribution is -2.34. The first kappa shape index (κ1) is 20.3. The van der Waals surface area contributed by atoms with E-state index in [2.05, 4.69) is 26.6 Å². The summed E-state index contributed by atoms with van der Waals surface area (Å²) in [4.78, 5) is 23.6. The molecule has 0 aliphatic carbocycles. The van der Waals surface area contributed by atoms with Gasteiger partial charge in [-0.05, 0) is 52.8 Å². The second kappa shape index (κ2) is 8.92. The molecule has 1 aromatic rings. The summed E-state index contributed by atoms with van der Waals surface area (Å²) in [5.74, 6) is 0.382. The number of rotatable bonds is 6. The Kier molecular flexibility index (Phi) is 7.54. The van der Waals surface area contributed by atoms with E-state index in [9.17, 15) is 9.59 Å². The number of hydrogen-bond acceptors (Lipinski definition) is 4. The summed E-state index contributed by atoms with van der Waals surface area (Å²) in [6, 6.07) is 5.21. The van der Waals surface area contributed by atoms with Gasteiger partial charge in [0.15, 0.2) is 0 Å². The average Bonchev–Trinajstić information content (AvgIpc) is 2.40. The van der Waals surface area contributed by atoms with Crippen LogP contribution in [0.1, 0.15) is 45.0 Å². The molecule has 0 aliphatic heterocycles. The molecule has 2 amide bonds. The number of halogens is 1. The van der Waals surface area contributed by atoms with Gasteiger partial charge >= 0.3 is 6.09 Å². The highest BCUT2D eigenvalue weighted by atomic mass is 79.9. The van der Waals surface area contributed by atoms with E-state index in [4.69, 9.17) is 9.47 Å². The van der Waals surface area contributed by atoms with Crippen LogP contribution in [0.5, 0.6) is 5.75 Å². The molecule has 24 heavy (non-hydrogen) atoms. The fraction of sp³-hybridized carbons (Fsp3) is 0.529. The van der Waals surface area contributed by atoms with E-state index in [1.54, 1.807) is 39.0 Å². The summed E-state index contributed by atoms with van der Waals surface area (Å²) in [7, 11) is 0. The van der Waals surface area contributed by atoms with Crippen molar-refractivity contribution in [1.82, 2.24) is 10.6 Å². The molecule has 1 aromatic carbocycles. The van der Waals surface area contributed by atoms with Crippen LogP contribution in [0.25, 0.3) is 0 Å². The molecule has 0 atom stereocenters. The molecule has 6 nitrogen and oxygen atoms in total. The van der Waals surface area contributed by atoms with Crippen molar-refractivity contribution in [2.24, 2.45) is 0 Å². The molecule has 134 valence electrons. The van der Waals surface area contributed by atoms with Gasteiger partial charge in [-0.25, -0.2) is 4.79 Å². The zero-order chi connectivity index (χ0) is 18.3. The zero-order valence-corrected chi connectivity index (χ0v) is 16.3. The van der Waals surface area contributed by atoms with Crippen molar-refractivity contribution >= 4 is 27.9 Å². The molecule has 0 saturated heterocycles. The average molecular weight is 401 g/mol. The Bertz CT molecular complexity index is 582. The van der Waals surface area contributed by atoms with Crippen LogP contribution < -0.4 is 15.4 Å². The molecule has 0 saturated carbocycles. The fourth-order valence-electron chi connectivity index (χ4n) is 1.76. The van der Waals surface area contributed by atoms with Crippen LogP contribution in [0.15, 0.2) is 22.7 Å². The van der Waals surface area contributed by atoms with E-state index in [-0.39, 0.29) is 18.6 Å². The maximum atomic E-state index is 12.1. The number of ether oxygens (including phenoxy) is 2. The van der Waals surface area contributed by atoms with Crippen molar-refractivity contribution in [3.63, 3.8) is 0 Å². The Morgan fingerprint density at radius 1 is 1.21 bits per heavy atom. The van der Waals surface area contributed by atoms with Crippen molar-refractivity contribution in [2.75, 3.05) is 13.2 Å². The topological polar surface area (TPSA) is 76.7 Å². The molecule has 0 aliphatic rings. The van der Waals surface area contributed by atoms with Gasteiger partial charge in [-0.15, -0.1) is 0 Å². The van der Waals surface area contributed by atoms with Crippen LogP contribution in [-0.4, -0.2) is 36.8 Å². The minimum atomic E-state index is -0.534. The van der Waals surface area contributed by atoms with Crippen molar-refractivity contribution in [2.45, 2.75) is 46.3 Å². The third kappa shape index (κ3) is 8.19. The number of carbonyl (C=O) groups is 2. The molecule has 1 rings (SSSR count). The van der Waals surface area contributed by atoms with Gasteiger partial charge in [0.1, 0.15) is 18.0 Å². The zero-order valence-electron chi connectivity index (χ0n) is 14.7. The summed E-state index contributed by atoms with van der Waals surface area (Å²) in [6.45, 7) is 9.76. The largest absolute Gasteiger partial charge is 0.492 e. The van der Waals surface area contributed by atoms with Crippen LogP contribution in [0.4, 0.5) is 4.79 Å². The number of carbonyl (C=O) groups excluding carboxylic acids is 2. The summed E-state index contributed by atoms with van der Waals surface area (Å²) in [5, 5.41) is 5.44. The van der Waals surface area contributed by atoms with Gasteiger partial charge in [0, 0.05) is 16.1 Å². The monoisotopic (exact) mass is 400 g/mol. The predicted octanol–water partition coefficient (Wildman–Crippen LogP) is 3.49. The van der Waals surface area contributed by atoms with Gasteiger partial charge in [-0.3, -0.25) is 4.79 Å². The summed E-state index contributed by atoms with van der Waals surface area (Å²) >= 11 is 3.36. The normalized spacial score (nSPS) is 11.1. The van der Waals surface area contributed by atoms with Gasteiger partial charge in [0.2, 0.25) is 0 Å². The van der Waals surface area contributed by atoms with E-state index < -0.39 is 11.7 Å². The molecule has 0 radical (unpaired) electrons. The number of hydrogen-bond donors (Lipinski definition) is 2. The van der Waals surface area contributed by atoms with Gasteiger partial charge < -0.3 is 20.1 Å². The number of alkyl carbamates (subject to hydrolysis) is 1. The van der Waals surface area contributed by atoms with Crippen LogP contribution in [-0.2, 0) is 4.74 Å². The Morgan fingerprint density at radius 3 is 2.46 bits per heavy atom. The smallest absolute Gasteiger partial charge is 0.407 e. The van der Waals surface area contributed by atoms with Crippen LogP contribution in [0.2, 0.25) is 0 Å². The van der Waals surface area contributed by atoms with Crippen molar-refractivity contribution < 1.29 is 19.1 Å². The van der Waals surface area contributed by atoms with E-state index in [1.807, 2.05) is 13.8 Å². The van der Waals surface area contributed by atoms with Crippen LogP contribution in [0, 0.1) is 0 Å². The fourth-order valence-corrected chi connectivity index (χ4v) is 2.23. The molecular formula is C17H25BrN2O4. The molecule has 0 spiro atoms. The summed E-state index contributed by atoms with van der Waals surface area (Å²) in [6.07, 6.45) is -0.489. The second-order valence-electron chi connectivity index (χ2n) is 6.58. The minimum Gasteiger partial charge on any atom is -0.492 e. The van der Waals surface area contributed by atoms with Crippen molar-refractivity contribution in [3.8, 4) is 5.75 Å². The van der Waals surface area contributed by atoms with Gasteiger partial charge in [-0.1, -0.05) is 15.9 Å². The standard InChI is InChI=1S/C17H25BrN2O4/c1-11(2)20-15(21)12-8-13(18)10-14(9-12)23-7-6-19-16(22)24-17(3,4)5/h8-11H,6-7H2,1-5H3,(H,19,22)(H,20,21). The molecule has 7 heteroatoms. The maximum Gasteiger partial charge on any atom is 0.407 e. The molecular weight excluding hydrogens is 376 g/mol. The quantitative estimate of drug-likeness (QED) is 0.716. The van der Waals surface area contributed by atoms with Crippen molar-refractivity contribution in [3.05, 3.63) is 28.2 Å². The lowest BCUT2D eigenvalue weighted by Gasteiger charge is -2.19. The molecule has 2 N–H and O–H groups in total. The first-order valence-electron chi connectivity index (χ1n) is 7.78. The van der Waals surface area contributed by atoms with E-state index in [0.717, 1.165) is 4.47 Å². The first-order valence-corrected chi connectivity index (χ1v) is 8.57. The van der Waals surface area contributed by atoms with E-state index in [1.165, 1.54) is 0 Å². The Balaban J connectivity index is 2.52. The number of amides is 2. The SMILES string of the molecule is CC(C)NC(=O)c1cc(Br)cc(OCCNC(=O)OC(C)(C)C)c1. The van der Waals surface area contributed by atoms with E-state index >= 15 is 0 Å². The van der Waals surface area contributed by atoms with Gasteiger partial charge in [-0.2, -0.15) is 0 Å². The third-order valence-electron chi connectivity index (χ3n) is 2.59. The lowest BCUT2D eigenvalue weighted by molar-refractivity contribution is 0.0520. The first-order chi connectivity index (χ1) is 11.1. The van der Waals surface area contributed by atoms with Crippen LogP contribution in [0.3, 0.4) is 0 Å². The molecule has 0 bridgehead atoms. The highest BCUT2D eigenvalue weighted by Crippen LogP contribution is 2.21. The van der Waals surface area contributed by atoms with Crippen LogP contribution >= 0.6 is 15.9 Å². The molecule has 0 aromatic heterocycles. The Labute approximate surface area is 151 Å². The maximum absolute atomic E-state index is 12.1. The Hall–Kier alpha value is -1.76. The molecule has 0 unspecified atom stereocenters. The summed E-state index contributed by atoms with van der Waals surface area (Å²) < 4.78 is 11.5. The van der Waals surface area contributed by atoms with Crippen molar-refractivity contribution in [1.29, 1.82) is 0 Å². The predicted molar refractivity (Wildman–Crippen MR) is 96.5 cm³/mol. The lowest BCUT2D eigenvalue weighted by atomic mass is 10.2. The van der Waals surface area contributed by atoms with E-state index in [0.29, 0.717) is 17.9 Å².